The van der Waals surface area contributed by atoms with Crippen LogP contribution >= 0.6 is 0 Å². The zero-order valence-electron chi connectivity index (χ0n) is 16.6. The lowest BCUT2D eigenvalue weighted by atomic mass is 9.91. The Morgan fingerprint density at radius 1 is 1.18 bits per heavy atom. The summed E-state index contributed by atoms with van der Waals surface area (Å²) in [6.45, 7) is 6.46. The van der Waals surface area contributed by atoms with Crippen molar-refractivity contribution in [1.82, 2.24) is 4.90 Å². The summed E-state index contributed by atoms with van der Waals surface area (Å²) in [6, 6.07) is 13.2. The second-order valence-electron chi connectivity index (χ2n) is 7.58. The Morgan fingerprint density at radius 2 is 1.96 bits per heavy atom. The van der Waals surface area contributed by atoms with Crippen molar-refractivity contribution in [2.24, 2.45) is 5.92 Å². The molecule has 1 heterocycles. The first-order chi connectivity index (χ1) is 13.5. The molecule has 1 fully saturated rings. The van der Waals surface area contributed by atoms with E-state index in [1.807, 2.05) is 13.0 Å². The van der Waals surface area contributed by atoms with Gasteiger partial charge in [0.1, 0.15) is 11.6 Å². The third-order valence-corrected chi connectivity index (χ3v) is 5.56. The number of likely N-dealkylation sites (tertiary alicyclic amines) is 1. The quantitative estimate of drug-likeness (QED) is 0.721. The molecule has 3 rings (SSSR count). The molecule has 2 aromatic carbocycles. The Bertz CT molecular complexity index is 811. The van der Waals surface area contributed by atoms with E-state index in [4.69, 9.17) is 0 Å². The minimum absolute atomic E-state index is 0.0187. The largest absolute Gasteiger partial charge is 0.306 e. The topological polar surface area (TPSA) is 23.6 Å². The molecule has 1 amide bonds. The highest BCUT2D eigenvalue weighted by molar-refractivity contribution is 5.94. The molecule has 0 bridgehead atoms. The molecule has 0 radical (unpaired) electrons. The van der Waals surface area contributed by atoms with E-state index in [0.717, 1.165) is 38.0 Å². The summed E-state index contributed by atoms with van der Waals surface area (Å²) in [4.78, 5) is 16.7. The van der Waals surface area contributed by atoms with Gasteiger partial charge in [0.25, 0.3) is 0 Å². The molecule has 0 aromatic heterocycles. The van der Waals surface area contributed by atoms with Gasteiger partial charge in [-0.3, -0.25) is 4.79 Å². The van der Waals surface area contributed by atoms with Gasteiger partial charge in [-0.05, 0) is 48.6 Å². The summed E-state index contributed by atoms with van der Waals surface area (Å²) in [5.74, 6) is -0.389. The third-order valence-electron chi connectivity index (χ3n) is 5.56. The summed E-state index contributed by atoms with van der Waals surface area (Å²) in [6.07, 6.45) is 1.94. The fraction of sp³-hybridized carbons (Fsp3) is 0.435. The van der Waals surface area contributed by atoms with Gasteiger partial charge < -0.3 is 9.80 Å². The van der Waals surface area contributed by atoms with Crippen LogP contribution in [0.3, 0.4) is 0 Å². The molecule has 5 heteroatoms. The number of halogens is 2. The average molecular weight is 386 g/mol. The Balaban J connectivity index is 1.67. The number of carbonyl (C=O) groups excluding carboxylic acids is 1. The number of amides is 1. The van der Waals surface area contributed by atoms with E-state index < -0.39 is 0 Å². The Morgan fingerprint density at radius 3 is 2.64 bits per heavy atom. The van der Waals surface area contributed by atoms with Crippen LogP contribution in [0.1, 0.15) is 32.3 Å². The van der Waals surface area contributed by atoms with E-state index in [0.29, 0.717) is 12.1 Å². The minimum atomic E-state index is -0.356. The number of hydrogen-bond donors (Lipinski definition) is 0. The first kappa shape index (κ1) is 20.5. The van der Waals surface area contributed by atoms with Gasteiger partial charge in [-0.15, -0.1) is 0 Å². The Kier molecular flexibility index (Phi) is 6.79. The number of para-hydroxylation sites is 1. The van der Waals surface area contributed by atoms with Gasteiger partial charge in [0, 0.05) is 32.1 Å². The van der Waals surface area contributed by atoms with Crippen molar-refractivity contribution >= 4 is 11.6 Å². The Hall–Kier alpha value is -2.27. The molecule has 3 nitrogen and oxygen atoms in total. The Labute approximate surface area is 166 Å². The standard InChI is InChI=1S/C23H28F2N2O/c1-3-23(28)27(22-10-5-4-9-20(22)25)21-12-14-26(16-17(21)2)13-11-18-7-6-8-19(24)15-18/h4-10,15,17,21H,3,11-14,16H2,1-2H3/t17-,21-/m0/s1. The van der Waals surface area contributed by atoms with Crippen LogP contribution in [-0.2, 0) is 11.2 Å². The van der Waals surface area contributed by atoms with Gasteiger partial charge >= 0.3 is 0 Å². The fourth-order valence-corrected chi connectivity index (χ4v) is 4.10. The highest BCUT2D eigenvalue weighted by Crippen LogP contribution is 2.30. The van der Waals surface area contributed by atoms with Crippen LogP contribution in [0.4, 0.5) is 14.5 Å². The normalized spacial score (nSPS) is 20.1. The zero-order valence-corrected chi connectivity index (χ0v) is 16.6. The maximum Gasteiger partial charge on any atom is 0.227 e. The molecule has 0 N–H and O–H groups in total. The van der Waals surface area contributed by atoms with Crippen LogP contribution in [0.2, 0.25) is 0 Å². The smallest absolute Gasteiger partial charge is 0.227 e. The molecular weight excluding hydrogens is 358 g/mol. The van der Waals surface area contributed by atoms with E-state index in [1.165, 1.54) is 12.1 Å². The fourth-order valence-electron chi connectivity index (χ4n) is 4.10. The number of nitrogens with zero attached hydrogens (tertiary/aromatic N) is 2. The first-order valence-electron chi connectivity index (χ1n) is 10.0. The third kappa shape index (κ3) is 4.76. The highest BCUT2D eigenvalue weighted by Gasteiger charge is 2.34. The number of anilines is 1. The van der Waals surface area contributed by atoms with Gasteiger partial charge in [-0.1, -0.05) is 38.1 Å². The van der Waals surface area contributed by atoms with E-state index in [9.17, 15) is 13.6 Å². The lowest BCUT2D eigenvalue weighted by Crippen LogP contribution is -2.52. The minimum Gasteiger partial charge on any atom is -0.306 e. The van der Waals surface area contributed by atoms with Crippen molar-refractivity contribution in [3.63, 3.8) is 0 Å². The van der Waals surface area contributed by atoms with E-state index in [1.54, 1.807) is 35.2 Å². The van der Waals surface area contributed by atoms with E-state index in [2.05, 4.69) is 11.8 Å². The van der Waals surface area contributed by atoms with Crippen LogP contribution in [0.15, 0.2) is 48.5 Å². The van der Waals surface area contributed by atoms with Crippen molar-refractivity contribution in [2.75, 3.05) is 24.5 Å². The monoisotopic (exact) mass is 386 g/mol. The number of piperidine rings is 1. The van der Waals surface area contributed by atoms with Crippen molar-refractivity contribution in [1.29, 1.82) is 0 Å². The van der Waals surface area contributed by atoms with Crippen molar-refractivity contribution in [3.05, 3.63) is 65.7 Å². The van der Waals surface area contributed by atoms with Crippen LogP contribution in [-0.4, -0.2) is 36.5 Å². The van der Waals surface area contributed by atoms with Crippen molar-refractivity contribution < 1.29 is 13.6 Å². The molecule has 1 aliphatic heterocycles. The van der Waals surface area contributed by atoms with E-state index in [-0.39, 0.29) is 29.5 Å². The molecule has 2 aromatic rings. The van der Waals surface area contributed by atoms with E-state index >= 15 is 0 Å². The van der Waals surface area contributed by atoms with Crippen molar-refractivity contribution in [2.45, 2.75) is 39.2 Å². The summed E-state index contributed by atoms with van der Waals surface area (Å²) in [5.41, 5.74) is 1.36. The van der Waals surface area contributed by atoms with Gasteiger partial charge in [0.05, 0.1) is 5.69 Å². The lowest BCUT2D eigenvalue weighted by Gasteiger charge is -2.42. The molecule has 150 valence electrons. The second kappa shape index (κ2) is 9.28. The second-order valence-corrected chi connectivity index (χ2v) is 7.58. The molecule has 2 atom stereocenters. The van der Waals surface area contributed by atoms with Crippen LogP contribution < -0.4 is 4.90 Å². The molecule has 0 saturated carbocycles. The SMILES string of the molecule is CCC(=O)N(c1ccccc1F)[C@H]1CCN(CCc2cccc(F)c2)C[C@@H]1C. The van der Waals surface area contributed by atoms with Gasteiger partial charge in [0.15, 0.2) is 0 Å². The summed E-state index contributed by atoms with van der Waals surface area (Å²) in [5, 5.41) is 0. The summed E-state index contributed by atoms with van der Waals surface area (Å²) in [7, 11) is 0. The molecule has 0 spiro atoms. The van der Waals surface area contributed by atoms with Crippen molar-refractivity contribution in [3.8, 4) is 0 Å². The number of carbonyl (C=O) groups is 1. The molecule has 0 aliphatic carbocycles. The predicted molar refractivity (Wildman–Crippen MR) is 108 cm³/mol. The number of benzene rings is 2. The maximum absolute atomic E-state index is 14.4. The van der Waals surface area contributed by atoms with Crippen LogP contribution in [0, 0.1) is 17.6 Å². The first-order valence-corrected chi connectivity index (χ1v) is 10.0. The van der Waals surface area contributed by atoms with Crippen LogP contribution in [0.5, 0.6) is 0 Å². The van der Waals surface area contributed by atoms with Gasteiger partial charge in [-0.25, -0.2) is 8.78 Å². The lowest BCUT2D eigenvalue weighted by molar-refractivity contribution is -0.119. The zero-order chi connectivity index (χ0) is 20.1. The molecule has 0 unspecified atom stereocenters. The van der Waals surface area contributed by atoms with Gasteiger partial charge in [0.2, 0.25) is 5.91 Å². The van der Waals surface area contributed by atoms with Gasteiger partial charge in [-0.2, -0.15) is 0 Å². The molecule has 1 saturated heterocycles. The highest BCUT2D eigenvalue weighted by atomic mass is 19.1. The maximum atomic E-state index is 14.4. The summed E-state index contributed by atoms with van der Waals surface area (Å²) >= 11 is 0. The predicted octanol–water partition coefficient (Wildman–Crippen LogP) is 4.66. The van der Waals surface area contributed by atoms with Crippen LogP contribution in [0.25, 0.3) is 0 Å². The molecule has 1 aliphatic rings. The molecular formula is C23H28F2N2O. The molecule has 28 heavy (non-hydrogen) atoms. The summed E-state index contributed by atoms with van der Waals surface area (Å²) < 4.78 is 27.8. The number of rotatable bonds is 6. The average Bonchev–Trinajstić information content (AvgIpc) is 2.69. The number of hydrogen-bond acceptors (Lipinski definition) is 2.